The van der Waals surface area contributed by atoms with Crippen LogP contribution in [-0.4, -0.2) is 22.8 Å². The number of allylic oxidation sites excluding steroid dienone is 1. The lowest BCUT2D eigenvalue weighted by Gasteiger charge is -2.24. The SMILES string of the molecule is COC(=O)C1=C(C)N=c2s/c(=C\c3cccc(O)c3)c(=O)n2[C@H]1c1ccc(Cl)cc1. The summed E-state index contributed by atoms with van der Waals surface area (Å²) in [6, 6.07) is 12.9. The maximum Gasteiger partial charge on any atom is 0.338 e. The van der Waals surface area contributed by atoms with Gasteiger partial charge < -0.3 is 9.84 Å². The van der Waals surface area contributed by atoms with Crippen molar-refractivity contribution < 1.29 is 14.6 Å². The maximum absolute atomic E-state index is 13.3. The molecule has 0 saturated carbocycles. The van der Waals surface area contributed by atoms with E-state index in [9.17, 15) is 14.7 Å². The van der Waals surface area contributed by atoms with Gasteiger partial charge in [0, 0.05) is 5.02 Å². The van der Waals surface area contributed by atoms with Crippen LogP contribution < -0.4 is 14.9 Å². The second kappa shape index (κ2) is 7.93. The minimum Gasteiger partial charge on any atom is -0.508 e. The number of aromatic nitrogens is 1. The van der Waals surface area contributed by atoms with Gasteiger partial charge in [0.1, 0.15) is 5.75 Å². The lowest BCUT2D eigenvalue weighted by molar-refractivity contribution is -0.136. The number of fused-ring (bicyclic) bond motifs is 1. The molecule has 2 heterocycles. The highest BCUT2D eigenvalue weighted by atomic mass is 35.5. The molecule has 1 aliphatic heterocycles. The zero-order valence-corrected chi connectivity index (χ0v) is 17.7. The van der Waals surface area contributed by atoms with E-state index in [-0.39, 0.29) is 11.3 Å². The normalized spacial score (nSPS) is 16.2. The molecule has 0 amide bonds. The van der Waals surface area contributed by atoms with E-state index in [4.69, 9.17) is 16.3 Å². The predicted molar refractivity (Wildman–Crippen MR) is 115 cm³/mol. The first-order valence-electron chi connectivity index (χ1n) is 9.04. The van der Waals surface area contributed by atoms with Crippen molar-refractivity contribution in [1.29, 1.82) is 0 Å². The Bertz CT molecular complexity index is 1350. The number of phenolic OH excluding ortho intramolecular Hbond substituents is 1. The van der Waals surface area contributed by atoms with Gasteiger partial charge in [0.05, 0.1) is 29.0 Å². The van der Waals surface area contributed by atoms with Gasteiger partial charge in [-0.1, -0.05) is 47.2 Å². The van der Waals surface area contributed by atoms with Gasteiger partial charge in [0.15, 0.2) is 4.80 Å². The molecule has 4 rings (SSSR count). The van der Waals surface area contributed by atoms with Crippen molar-refractivity contribution in [3.05, 3.63) is 95.6 Å². The third-order valence-electron chi connectivity index (χ3n) is 4.78. The maximum atomic E-state index is 13.3. The number of benzene rings is 2. The number of aromatic hydroxyl groups is 1. The molecule has 3 aromatic rings. The second-order valence-electron chi connectivity index (χ2n) is 6.72. The molecule has 0 aliphatic carbocycles. The molecule has 2 aromatic carbocycles. The molecule has 0 bridgehead atoms. The Morgan fingerprint density at radius 1 is 1.27 bits per heavy atom. The van der Waals surface area contributed by atoms with Crippen molar-refractivity contribution in [2.45, 2.75) is 13.0 Å². The molecule has 0 spiro atoms. The summed E-state index contributed by atoms with van der Waals surface area (Å²) in [4.78, 5) is 30.9. The van der Waals surface area contributed by atoms with Gasteiger partial charge in [-0.2, -0.15) is 0 Å². The Labute approximate surface area is 180 Å². The van der Waals surface area contributed by atoms with Crippen molar-refractivity contribution in [1.82, 2.24) is 4.57 Å². The molecule has 6 nitrogen and oxygen atoms in total. The zero-order valence-electron chi connectivity index (χ0n) is 16.1. The molecule has 0 fully saturated rings. The second-order valence-corrected chi connectivity index (χ2v) is 8.17. The van der Waals surface area contributed by atoms with E-state index in [1.165, 1.54) is 23.0 Å². The number of nitrogens with zero attached hydrogens (tertiary/aromatic N) is 2. The summed E-state index contributed by atoms with van der Waals surface area (Å²) in [5.74, 6) is -0.433. The number of phenols is 1. The highest BCUT2D eigenvalue weighted by molar-refractivity contribution is 7.07. The number of halogens is 1. The molecule has 30 heavy (non-hydrogen) atoms. The van der Waals surface area contributed by atoms with Crippen LogP contribution in [0.2, 0.25) is 5.02 Å². The first kappa shape index (κ1) is 20.1. The summed E-state index contributed by atoms with van der Waals surface area (Å²) in [5.41, 5.74) is 1.92. The number of carbonyl (C=O) groups excluding carboxylic acids is 1. The van der Waals surface area contributed by atoms with Gasteiger partial charge in [-0.25, -0.2) is 9.79 Å². The van der Waals surface area contributed by atoms with Crippen LogP contribution in [0.25, 0.3) is 6.08 Å². The first-order chi connectivity index (χ1) is 14.4. The summed E-state index contributed by atoms with van der Waals surface area (Å²) >= 11 is 7.25. The Morgan fingerprint density at radius 3 is 2.67 bits per heavy atom. The molecule has 1 aliphatic rings. The molecule has 0 radical (unpaired) electrons. The van der Waals surface area contributed by atoms with Crippen LogP contribution >= 0.6 is 22.9 Å². The van der Waals surface area contributed by atoms with E-state index in [1.54, 1.807) is 61.5 Å². The number of methoxy groups -OCH3 is 1. The van der Waals surface area contributed by atoms with Gasteiger partial charge in [-0.05, 0) is 48.4 Å². The molecular formula is C22H17ClN2O4S. The number of ether oxygens (including phenoxy) is 1. The minimum absolute atomic E-state index is 0.111. The number of esters is 1. The molecule has 1 N–H and O–H groups in total. The van der Waals surface area contributed by atoms with E-state index < -0.39 is 12.0 Å². The average Bonchev–Trinajstić information content (AvgIpc) is 3.02. The number of hydrogen-bond donors (Lipinski definition) is 1. The number of carbonyl (C=O) groups is 1. The fraction of sp³-hybridized carbons (Fsp3) is 0.136. The minimum atomic E-state index is -0.683. The van der Waals surface area contributed by atoms with Gasteiger partial charge >= 0.3 is 5.97 Å². The lowest BCUT2D eigenvalue weighted by atomic mass is 9.96. The molecule has 0 saturated heterocycles. The van der Waals surface area contributed by atoms with Crippen LogP contribution in [0.5, 0.6) is 5.75 Å². The van der Waals surface area contributed by atoms with Crippen LogP contribution in [0.4, 0.5) is 0 Å². The van der Waals surface area contributed by atoms with Gasteiger partial charge in [-0.15, -0.1) is 0 Å². The van der Waals surface area contributed by atoms with Crippen molar-refractivity contribution in [2.24, 2.45) is 4.99 Å². The van der Waals surface area contributed by atoms with Crippen molar-refractivity contribution in [2.75, 3.05) is 7.11 Å². The average molecular weight is 441 g/mol. The Morgan fingerprint density at radius 2 is 2.00 bits per heavy atom. The van der Waals surface area contributed by atoms with Crippen LogP contribution in [0.1, 0.15) is 24.1 Å². The van der Waals surface area contributed by atoms with E-state index in [0.29, 0.717) is 31.2 Å². The largest absolute Gasteiger partial charge is 0.508 e. The van der Waals surface area contributed by atoms with E-state index in [0.717, 1.165) is 5.56 Å². The Balaban J connectivity index is 1.98. The van der Waals surface area contributed by atoms with E-state index >= 15 is 0 Å². The summed E-state index contributed by atoms with van der Waals surface area (Å²) < 4.78 is 6.92. The molecule has 152 valence electrons. The molecule has 0 unspecified atom stereocenters. The molecular weight excluding hydrogens is 424 g/mol. The first-order valence-corrected chi connectivity index (χ1v) is 10.2. The highest BCUT2D eigenvalue weighted by Crippen LogP contribution is 2.31. The summed E-state index contributed by atoms with van der Waals surface area (Å²) in [5, 5.41) is 10.3. The molecule has 1 atom stereocenters. The van der Waals surface area contributed by atoms with E-state index in [2.05, 4.69) is 4.99 Å². The topological polar surface area (TPSA) is 80.9 Å². The van der Waals surface area contributed by atoms with Crippen LogP contribution in [0, 0.1) is 0 Å². The summed E-state index contributed by atoms with van der Waals surface area (Å²) in [6.07, 6.45) is 1.69. The summed E-state index contributed by atoms with van der Waals surface area (Å²) in [7, 11) is 1.30. The number of thiazole rings is 1. The van der Waals surface area contributed by atoms with Crippen LogP contribution in [0.3, 0.4) is 0 Å². The van der Waals surface area contributed by atoms with Gasteiger partial charge in [-0.3, -0.25) is 9.36 Å². The lowest BCUT2D eigenvalue weighted by Crippen LogP contribution is -2.39. The van der Waals surface area contributed by atoms with Crippen molar-refractivity contribution >= 4 is 35.0 Å². The predicted octanol–water partition coefficient (Wildman–Crippen LogP) is 2.77. The van der Waals surface area contributed by atoms with Crippen LogP contribution in [0.15, 0.2) is 69.6 Å². The molecule has 8 heteroatoms. The Kier molecular flexibility index (Phi) is 5.32. The summed E-state index contributed by atoms with van der Waals surface area (Å²) in [6.45, 7) is 1.72. The number of rotatable bonds is 3. The third-order valence-corrected chi connectivity index (χ3v) is 6.02. The fourth-order valence-electron chi connectivity index (χ4n) is 3.42. The quantitative estimate of drug-likeness (QED) is 0.635. The highest BCUT2D eigenvalue weighted by Gasteiger charge is 2.32. The van der Waals surface area contributed by atoms with Crippen molar-refractivity contribution in [3.63, 3.8) is 0 Å². The number of hydrogen-bond acceptors (Lipinski definition) is 6. The Hall–Kier alpha value is -3.16. The third kappa shape index (κ3) is 3.58. The zero-order chi connectivity index (χ0) is 21.4. The van der Waals surface area contributed by atoms with Gasteiger partial charge in [0.2, 0.25) is 0 Å². The fourth-order valence-corrected chi connectivity index (χ4v) is 4.59. The van der Waals surface area contributed by atoms with Gasteiger partial charge in [0.25, 0.3) is 5.56 Å². The standard InChI is InChI=1S/C22H17ClN2O4S/c1-12-18(21(28)29-2)19(14-6-8-15(23)9-7-14)25-20(27)17(30-22(25)24-12)11-13-4-3-5-16(26)10-13/h3-11,19,26H,1-2H3/b17-11-/t19-/m0/s1. The smallest absolute Gasteiger partial charge is 0.338 e. The molecule has 1 aromatic heterocycles. The monoisotopic (exact) mass is 440 g/mol. The van der Waals surface area contributed by atoms with Crippen molar-refractivity contribution in [3.8, 4) is 5.75 Å². The van der Waals surface area contributed by atoms with E-state index in [1.807, 2.05) is 0 Å². The van der Waals surface area contributed by atoms with Crippen LogP contribution in [-0.2, 0) is 9.53 Å².